The van der Waals surface area contributed by atoms with Crippen molar-refractivity contribution >= 4 is 24.0 Å². The molecule has 0 aliphatic heterocycles. The van der Waals surface area contributed by atoms with Gasteiger partial charge in [0.05, 0.1) is 21.3 Å². The second-order valence-corrected chi connectivity index (χ2v) is 6.70. The highest BCUT2D eigenvalue weighted by Crippen LogP contribution is 2.40. The van der Waals surface area contributed by atoms with Crippen molar-refractivity contribution < 1.29 is 37.3 Å². The summed E-state index contributed by atoms with van der Waals surface area (Å²) in [4.78, 5) is 26.1. The number of rotatable bonds is 7. The van der Waals surface area contributed by atoms with Gasteiger partial charge in [0.2, 0.25) is 0 Å². The number of methoxy groups -OCH3 is 3. The van der Waals surface area contributed by atoms with Crippen LogP contribution in [0.15, 0.2) is 23.0 Å². The molecule has 170 valence electrons. The van der Waals surface area contributed by atoms with Crippen LogP contribution in [-0.2, 0) is 28.1 Å². The number of H-pyrrole nitrogens is 1. The van der Waals surface area contributed by atoms with E-state index >= 15 is 0 Å². The predicted octanol–water partition coefficient (Wildman–Crippen LogP) is 1.67. The number of aromatic amines is 1. The van der Waals surface area contributed by atoms with E-state index in [4.69, 9.17) is 27.4 Å². The van der Waals surface area contributed by atoms with Crippen molar-refractivity contribution in [2.24, 2.45) is 0 Å². The highest BCUT2D eigenvalue weighted by molar-refractivity contribution is 7.71. The van der Waals surface area contributed by atoms with Crippen molar-refractivity contribution in [3.8, 4) is 11.5 Å². The number of anilines is 1. The number of benzene rings is 1. The fraction of sp³-hybridized carbons (Fsp3) is 0.389. The number of nitrogens with one attached hydrogen (secondary N) is 1. The molecule has 1 aromatic heterocycles. The monoisotopic (exact) mass is 463 g/mol. The van der Waals surface area contributed by atoms with Gasteiger partial charge in [-0.3, -0.25) is 9.78 Å². The van der Waals surface area contributed by atoms with Crippen LogP contribution in [0.1, 0.15) is 11.1 Å². The van der Waals surface area contributed by atoms with Crippen LogP contribution < -0.4 is 20.8 Å². The molecular formula is C18H20F3N3O6S. The number of hydrogen-bond donors (Lipinski definition) is 3. The van der Waals surface area contributed by atoms with Gasteiger partial charge in [0.15, 0.2) is 16.3 Å². The van der Waals surface area contributed by atoms with Crippen LogP contribution in [0.5, 0.6) is 11.5 Å². The molecule has 0 aliphatic carbocycles. The van der Waals surface area contributed by atoms with Gasteiger partial charge in [0.1, 0.15) is 11.4 Å². The molecule has 0 aliphatic rings. The van der Waals surface area contributed by atoms with Gasteiger partial charge >= 0.3 is 12.1 Å². The van der Waals surface area contributed by atoms with E-state index in [-0.39, 0.29) is 17.7 Å². The standard InChI is InChI=1S/C18H20F3N3O6S/c1-28-10-5-4-9(8-11(10)29-2)6-7-24-13(22)12(14(25)23-16(24)31)17(27,15(26)30-3)18(19,20)21/h4-5,8,27H,6-7,22H2,1-3H3,(H,23,25,31). The number of aryl methyl sites for hydroxylation is 1. The summed E-state index contributed by atoms with van der Waals surface area (Å²) in [7, 11) is 3.53. The number of nitrogen functional groups attached to an aromatic ring is 1. The molecule has 1 heterocycles. The Morgan fingerprint density at radius 1 is 1.23 bits per heavy atom. The van der Waals surface area contributed by atoms with Gasteiger partial charge in [-0.2, -0.15) is 13.2 Å². The first-order chi connectivity index (χ1) is 14.4. The number of carbonyl (C=O) groups is 1. The van der Waals surface area contributed by atoms with E-state index < -0.39 is 34.7 Å². The van der Waals surface area contributed by atoms with E-state index in [0.717, 1.165) is 4.57 Å². The summed E-state index contributed by atoms with van der Waals surface area (Å²) < 4.78 is 55.9. The fourth-order valence-corrected chi connectivity index (χ4v) is 3.23. The maximum Gasteiger partial charge on any atom is 0.432 e. The summed E-state index contributed by atoms with van der Waals surface area (Å²) in [6.45, 7) is -0.0843. The third kappa shape index (κ3) is 4.37. The molecule has 1 aromatic carbocycles. The molecule has 0 saturated heterocycles. The molecule has 0 bridgehead atoms. The van der Waals surface area contributed by atoms with Gasteiger partial charge in [0.25, 0.3) is 11.2 Å². The van der Waals surface area contributed by atoms with Crippen LogP contribution in [0, 0.1) is 4.77 Å². The van der Waals surface area contributed by atoms with E-state index in [1.165, 1.54) is 14.2 Å². The van der Waals surface area contributed by atoms with Crippen LogP contribution in [0.2, 0.25) is 0 Å². The molecule has 2 aromatic rings. The predicted molar refractivity (Wildman–Crippen MR) is 106 cm³/mol. The van der Waals surface area contributed by atoms with E-state index in [0.29, 0.717) is 24.2 Å². The van der Waals surface area contributed by atoms with Gasteiger partial charge < -0.3 is 29.6 Å². The summed E-state index contributed by atoms with van der Waals surface area (Å²) in [5.74, 6) is -2.03. The Bertz CT molecular complexity index is 1100. The SMILES string of the molecule is COC(=O)C(O)(c1c(N)n(CCc2ccc(OC)c(OC)c2)c(=S)[nH]c1=O)C(F)(F)F. The molecule has 9 nitrogen and oxygen atoms in total. The number of carbonyl (C=O) groups excluding carboxylic acids is 1. The lowest BCUT2D eigenvalue weighted by Gasteiger charge is -2.29. The molecule has 0 saturated carbocycles. The molecule has 0 fully saturated rings. The molecule has 13 heteroatoms. The molecular weight excluding hydrogens is 443 g/mol. The minimum atomic E-state index is -5.59. The Labute approximate surface area is 179 Å². The normalized spacial score (nSPS) is 13.4. The van der Waals surface area contributed by atoms with Gasteiger partial charge in [-0.25, -0.2) is 4.79 Å². The summed E-state index contributed by atoms with van der Waals surface area (Å²) in [5.41, 5.74) is -0.695. The lowest BCUT2D eigenvalue weighted by molar-refractivity contribution is -0.267. The topological polar surface area (TPSA) is 129 Å². The summed E-state index contributed by atoms with van der Waals surface area (Å²) in [6, 6.07) is 4.97. The van der Waals surface area contributed by atoms with Crippen LogP contribution in [0.4, 0.5) is 19.0 Å². The number of aromatic nitrogens is 2. The third-order valence-electron chi connectivity index (χ3n) is 4.56. The second kappa shape index (κ2) is 8.98. The van der Waals surface area contributed by atoms with Gasteiger partial charge in [0, 0.05) is 6.54 Å². The van der Waals surface area contributed by atoms with Crippen LogP contribution in [-0.4, -0.2) is 48.1 Å². The van der Waals surface area contributed by atoms with Crippen LogP contribution in [0.3, 0.4) is 0 Å². The number of nitrogens with two attached hydrogens (primary N) is 1. The Balaban J connectivity index is 2.56. The maximum atomic E-state index is 13.6. The molecule has 1 unspecified atom stereocenters. The number of aliphatic hydroxyl groups is 1. The zero-order chi connectivity index (χ0) is 23.6. The average molecular weight is 463 g/mol. The third-order valence-corrected chi connectivity index (χ3v) is 4.89. The van der Waals surface area contributed by atoms with Crippen molar-refractivity contribution in [2.75, 3.05) is 27.1 Å². The van der Waals surface area contributed by atoms with E-state index in [1.807, 2.05) is 4.98 Å². The average Bonchev–Trinajstić information content (AvgIpc) is 2.71. The zero-order valence-electron chi connectivity index (χ0n) is 16.7. The number of hydrogen-bond acceptors (Lipinski definition) is 8. The fourth-order valence-electron chi connectivity index (χ4n) is 2.94. The van der Waals surface area contributed by atoms with Crippen molar-refractivity contribution in [2.45, 2.75) is 24.7 Å². The van der Waals surface area contributed by atoms with E-state index in [1.54, 1.807) is 18.2 Å². The quantitative estimate of drug-likeness (QED) is 0.418. The summed E-state index contributed by atoms with van der Waals surface area (Å²) in [6.07, 6.45) is -5.39. The van der Waals surface area contributed by atoms with Gasteiger partial charge in [-0.15, -0.1) is 0 Å². The first-order valence-electron chi connectivity index (χ1n) is 8.63. The van der Waals surface area contributed by atoms with Crippen molar-refractivity contribution in [3.63, 3.8) is 0 Å². The Morgan fingerprint density at radius 3 is 2.35 bits per heavy atom. The molecule has 4 N–H and O–H groups in total. The van der Waals surface area contributed by atoms with Gasteiger partial charge in [-0.1, -0.05) is 6.07 Å². The highest BCUT2D eigenvalue weighted by atomic mass is 32.1. The molecule has 0 radical (unpaired) electrons. The second-order valence-electron chi connectivity index (χ2n) is 6.31. The molecule has 0 spiro atoms. The van der Waals surface area contributed by atoms with Crippen LogP contribution in [0.25, 0.3) is 0 Å². The van der Waals surface area contributed by atoms with Crippen molar-refractivity contribution in [1.29, 1.82) is 0 Å². The number of ether oxygens (including phenoxy) is 3. The first kappa shape index (κ1) is 24.2. The van der Waals surface area contributed by atoms with E-state index in [2.05, 4.69) is 4.74 Å². The minimum absolute atomic E-state index is 0.0843. The highest BCUT2D eigenvalue weighted by Gasteiger charge is 2.64. The molecule has 0 amide bonds. The molecule has 1 atom stereocenters. The molecule has 2 rings (SSSR count). The van der Waals surface area contributed by atoms with E-state index in [9.17, 15) is 27.9 Å². The van der Waals surface area contributed by atoms with Crippen molar-refractivity contribution in [1.82, 2.24) is 9.55 Å². The zero-order valence-corrected chi connectivity index (χ0v) is 17.5. The minimum Gasteiger partial charge on any atom is -0.493 e. The largest absolute Gasteiger partial charge is 0.493 e. The number of nitrogens with zero attached hydrogens (tertiary/aromatic N) is 1. The molecule has 31 heavy (non-hydrogen) atoms. The first-order valence-corrected chi connectivity index (χ1v) is 9.04. The van der Waals surface area contributed by atoms with Crippen molar-refractivity contribution in [3.05, 3.63) is 44.5 Å². The Morgan fingerprint density at radius 2 is 1.84 bits per heavy atom. The van der Waals surface area contributed by atoms with Gasteiger partial charge in [-0.05, 0) is 36.3 Å². The number of halogens is 3. The number of esters is 1. The Kier molecular flexibility index (Phi) is 7.01. The smallest absolute Gasteiger partial charge is 0.432 e. The summed E-state index contributed by atoms with van der Waals surface area (Å²) in [5, 5.41) is 10.2. The lowest BCUT2D eigenvalue weighted by Crippen LogP contribution is -2.53. The van der Waals surface area contributed by atoms with Crippen LogP contribution >= 0.6 is 12.2 Å². The maximum absolute atomic E-state index is 13.6. The Hall–Kier alpha value is -3.06. The lowest BCUT2D eigenvalue weighted by atomic mass is 9.94. The summed E-state index contributed by atoms with van der Waals surface area (Å²) >= 11 is 5.00. The number of alkyl halides is 3.